The zero-order valence-electron chi connectivity index (χ0n) is 12.6. The topological polar surface area (TPSA) is 37.3 Å². The van der Waals surface area contributed by atoms with Gasteiger partial charge in [-0.1, -0.05) is 29.3 Å². The number of anilines is 1. The Bertz CT molecular complexity index is 888. The Morgan fingerprint density at radius 2 is 1.88 bits per heavy atom. The van der Waals surface area contributed by atoms with Gasteiger partial charge in [-0.15, -0.1) is 11.3 Å². The lowest BCUT2D eigenvalue weighted by Gasteiger charge is -2.05. The van der Waals surface area contributed by atoms with E-state index in [1.54, 1.807) is 30.3 Å². The molecule has 0 unspecified atom stereocenters. The number of nitrogens with one attached hydrogen (secondary N) is 1. The molecule has 24 heavy (non-hydrogen) atoms. The Labute approximate surface area is 152 Å². The van der Waals surface area contributed by atoms with Crippen molar-refractivity contribution in [1.82, 2.24) is 4.98 Å². The molecule has 1 aromatic heterocycles. The summed E-state index contributed by atoms with van der Waals surface area (Å²) in [7, 11) is 0. The predicted molar refractivity (Wildman–Crippen MR) is 99.9 cm³/mol. The molecule has 0 aliphatic carbocycles. The number of rotatable bonds is 4. The van der Waals surface area contributed by atoms with Crippen LogP contribution in [-0.4, -0.2) is 11.2 Å². The van der Waals surface area contributed by atoms with E-state index >= 15 is 0 Å². The standard InChI is InChI=1S/C17H12Cl2FN3S/c1-10-9-24-17(22-10)23-21-8-12-3-2-11(6-16(12)20)13-4-14(18)7-15(19)5-13/h2-9H,1H3,(H,22,23). The minimum atomic E-state index is -0.385. The molecule has 3 nitrogen and oxygen atoms in total. The normalized spacial score (nSPS) is 11.2. The summed E-state index contributed by atoms with van der Waals surface area (Å²) in [4.78, 5) is 4.21. The maximum absolute atomic E-state index is 14.3. The van der Waals surface area contributed by atoms with Crippen LogP contribution in [0.5, 0.6) is 0 Å². The molecule has 0 bridgehead atoms. The average molecular weight is 380 g/mol. The fraction of sp³-hybridized carbons (Fsp3) is 0.0588. The van der Waals surface area contributed by atoms with Gasteiger partial charge in [0.05, 0.1) is 11.9 Å². The Morgan fingerprint density at radius 1 is 1.12 bits per heavy atom. The molecule has 0 atom stereocenters. The summed E-state index contributed by atoms with van der Waals surface area (Å²) in [5.74, 6) is -0.385. The van der Waals surface area contributed by atoms with Crippen molar-refractivity contribution in [3.8, 4) is 11.1 Å². The SMILES string of the molecule is Cc1csc(NN=Cc2ccc(-c3cc(Cl)cc(Cl)c3)cc2F)n1. The molecule has 0 spiro atoms. The lowest BCUT2D eigenvalue weighted by Crippen LogP contribution is -1.93. The third kappa shape index (κ3) is 4.12. The number of thiazole rings is 1. The van der Waals surface area contributed by atoms with Crippen LogP contribution in [0.1, 0.15) is 11.3 Å². The number of hydrazone groups is 1. The number of aryl methyl sites for hydroxylation is 1. The number of hydrogen-bond acceptors (Lipinski definition) is 4. The van der Waals surface area contributed by atoms with E-state index in [1.807, 2.05) is 12.3 Å². The van der Waals surface area contributed by atoms with E-state index in [0.29, 0.717) is 26.3 Å². The van der Waals surface area contributed by atoms with Gasteiger partial charge in [-0.25, -0.2) is 9.37 Å². The number of benzene rings is 2. The fourth-order valence-electron chi connectivity index (χ4n) is 2.09. The summed E-state index contributed by atoms with van der Waals surface area (Å²) in [5.41, 5.74) is 5.50. The molecule has 0 aliphatic rings. The first-order valence-electron chi connectivity index (χ1n) is 6.98. The second kappa shape index (κ2) is 7.30. The average Bonchev–Trinajstić information content (AvgIpc) is 2.93. The molecule has 1 N–H and O–H groups in total. The lowest BCUT2D eigenvalue weighted by atomic mass is 10.0. The molecule has 0 aliphatic heterocycles. The van der Waals surface area contributed by atoms with Gasteiger partial charge in [0.1, 0.15) is 5.82 Å². The van der Waals surface area contributed by atoms with Gasteiger partial charge < -0.3 is 0 Å². The van der Waals surface area contributed by atoms with Gasteiger partial charge in [0.2, 0.25) is 5.13 Å². The Morgan fingerprint density at radius 3 is 2.50 bits per heavy atom. The minimum Gasteiger partial charge on any atom is -0.253 e. The van der Waals surface area contributed by atoms with Crippen molar-refractivity contribution < 1.29 is 4.39 Å². The Kier molecular flexibility index (Phi) is 5.14. The molecule has 0 saturated carbocycles. The maximum Gasteiger partial charge on any atom is 0.203 e. The second-order valence-corrected chi connectivity index (χ2v) is 6.79. The van der Waals surface area contributed by atoms with Crippen LogP contribution >= 0.6 is 34.5 Å². The van der Waals surface area contributed by atoms with Crippen molar-refractivity contribution in [3.05, 3.63) is 68.9 Å². The van der Waals surface area contributed by atoms with E-state index in [2.05, 4.69) is 15.5 Å². The van der Waals surface area contributed by atoms with Crippen LogP contribution in [0, 0.1) is 12.7 Å². The summed E-state index contributed by atoms with van der Waals surface area (Å²) >= 11 is 13.4. The van der Waals surface area contributed by atoms with Gasteiger partial charge >= 0.3 is 0 Å². The molecule has 3 rings (SSSR count). The third-order valence-electron chi connectivity index (χ3n) is 3.18. The van der Waals surface area contributed by atoms with Crippen molar-refractivity contribution >= 4 is 45.9 Å². The quantitative estimate of drug-likeness (QED) is 0.445. The summed E-state index contributed by atoms with van der Waals surface area (Å²) in [6, 6.07) is 9.98. The van der Waals surface area contributed by atoms with Crippen LogP contribution in [0.3, 0.4) is 0 Å². The molecule has 7 heteroatoms. The smallest absolute Gasteiger partial charge is 0.203 e. The monoisotopic (exact) mass is 379 g/mol. The first-order chi connectivity index (χ1) is 11.5. The van der Waals surface area contributed by atoms with Gasteiger partial charge in [0, 0.05) is 21.0 Å². The molecule has 0 fully saturated rings. The highest BCUT2D eigenvalue weighted by atomic mass is 35.5. The molecule has 0 saturated heterocycles. The number of halogens is 3. The van der Waals surface area contributed by atoms with Gasteiger partial charge in [0.25, 0.3) is 0 Å². The first-order valence-corrected chi connectivity index (χ1v) is 8.62. The largest absolute Gasteiger partial charge is 0.253 e. The summed E-state index contributed by atoms with van der Waals surface area (Å²) < 4.78 is 14.3. The van der Waals surface area contributed by atoms with Crippen molar-refractivity contribution in [3.63, 3.8) is 0 Å². The second-order valence-electron chi connectivity index (χ2n) is 5.06. The van der Waals surface area contributed by atoms with Crippen LogP contribution in [-0.2, 0) is 0 Å². The summed E-state index contributed by atoms with van der Waals surface area (Å²) in [6.45, 7) is 1.89. The van der Waals surface area contributed by atoms with E-state index in [1.165, 1.54) is 23.6 Å². The number of aromatic nitrogens is 1. The molecule has 3 aromatic rings. The molecule has 1 heterocycles. The number of nitrogens with zero attached hydrogens (tertiary/aromatic N) is 2. The lowest BCUT2D eigenvalue weighted by molar-refractivity contribution is 0.626. The number of hydrogen-bond donors (Lipinski definition) is 1. The van der Waals surface area contributed by atoms with Crippen molar-refractivity contribution in [1.29, 1.82) is 0 Å². The van der Waals surface area contributed by atoms with Crippen molar-refractivity contribution in [2.45, 2.75) is 6.92 Å². The van der Waals surface area contributed by atoms with Crippen LogP contribution in [0.4, 0.5) is 9.52 Å². The van der Waals surface area contributed by atoms with Crippen LogP contribution in [0.2, 0.25) is 10.0 Å². The van der Waals surface area contributed by atoms with Gasteiger partial charge in [0.15, 0.2) is 0 Å². The zero-order valence-corrected chi connectivity index (χ0v) is 14.9. The molecule has 122 valence electrons. The highest BCUT2D eigenvalue weighted by molar-refractivity contribution is 7.13. The molecule has 2 aromatic carbocycles. The van der Waals surface area contributed by atoms with E-state index in [0.717, 1.165) is 11.3 Å². The van der Waals surface area contributed by atoms with Crippen molar-refractivity contribution in [2.24, 2.45) is 5.10 Å². The van der Waals surface area contributed by atoms with E-state index < -0.39 is 0 Å². The predicted octanol–water partition coefficient (Wildman–Crippen LogP) is 6.01. The van der Waals surface area contributed by atoms with E-state index in [-0.39, 0.29) is 5.82 Å². The highest BCUT2D eigenvalue weighted by Gasteiger charge is 2.06. The van der Waals surface area contributed by atoms with E-state index in [9.17, 15) is 4.39 Å². The minimum absolute atomic E-state index is 0.368. The van der Waals surface area contributed by atoms with Crippen LogP contribution < -0.4 is 5.43 Å². The van der Waals surface area contributed by atoms with Crippen molar-refractivity contribution in [2.75, 3.05) is 5.43 Å². The molecular weight excluding hydrogens is 368 g/mol. The third-order valence-corrected chi connectivity index (χ3v) is 4.48. The highest BCUT2D eigenvalue weighted by Crippen LogP contribution is 2.28. The van der Waals surface area contributed by atoms with E-state index in [4.69, 9.17) is 23.2 Å². The Hall–Kier alpha value is -1.95. The molecule has 0 radical (unpaired) electrons. The summed E-state index contributed by atoms with van der Waals surface area (Å²) in [6.07, 6.45) is 1.42. The van der Waals surface area contributed by atoms with Gasteiger partial charge in [-0.3, -0.25) is 5.43 Å². The van der Waals surface area contributed by atoms with Crippen LogP contribution in [0.25, 0.3) is 11.1 Å². The van der Waals surface area contributed by atoms with Gasteiger partial charge in [-0.05, 0) is 48.4 Å². The van der Waals surface area contributed by atoms with Crippen LogP contribution in [0.15, 0.2) is 46.9 Å². The zero-order chi connectivity index (χ0) is 17.1. The molecule has 0 amide bonds. The first kappa shape index (κ1) is 16.9. The fourth-order valence-corrected chi connectivity index (χ4v) is 3.26. The summed E-state index contributed by atoms with van der Waals surface area (Å²) in [5, 5.41) is 7.59. The Balaban J connectivity index is 1.79. The van der Waals surface area contributed by atoms with Gasteiger partial charge in [-0.2, -0.15) is 5.10 Å². The maximum atomic E-state index is 14.3. The molecular formula is C17H12Cl2FN3S.